The van der Waals surface area contributed by atoms with Crippen LogP contribution in [0.4, 0.5) is 0 Å². The minimum Gasteiger partial charge on any atom is -0.478 e. The number of likely N-dealkylation sites (N-methyl/N-ethyl adjacent to an activating group) is 1. The molecule has 0 saturated carbocycles. The molecule has 0 aliphatic carbocycles. The zero-order valence-corrected chi connectivity index (χ0v) is 23.2. The van der Waals surface area contributed by atoms with Crippen molar-refractivity contribution in [2.75, 3.05) is 20.1 Å². The maximum Gasteiger partial charge on any atom is 0.335 e. The second kappa shape index (κ2) is 11.7. The van der Waals surface area contributed by atoms with E-state index in [2.05, 4.69) is 49.5 Å². The summed E-state index contributed by atoms with van der Waals surface area (Å²) in [6, 6.07) is 27.2. The number of aliphatic hydroxyl groups excluding tert-OH is 1. The number of rotatable bonds is 11. The van der Waals surface area contributed by atoms with E-state index in [1.807, 2.05) is 12.1 Å². The Bertz CT molecular complexity index is 1580. The minimum absolute atomic E-state index is 0.0480. The molecule has 0 amide bonds. The lowest BCUT2D eigenvalue weighted by molar-refractivity contribution is 0.0697. The third-order valence-corrected chi connectivity index (χ3v) is 8.62. The maximum atomic E-state index is 13.5. The molecule has 0 fully saturated rings. The third kappa shape index (κ3) is 6.91. The molecule has 0 aliphatic rings. The highest BCUT2D eigenvalue weighted by molar-refractivity contribution is 7.89. The molecule has 204 valence electrons. The summed E-state index contributed by atoms with van der Waals surface area (Å²) in [6.45, 7) is 4.21. The fourth-order valence-electron chi connectivity index (χ4n) is 4.69. The van der Waals surface area contributed by atoms with E-state index in [1.165, 1.54) is 41.6 Å². The van der Waals surface area contributed by atoms with Crippen molar-refractivity contribution in [1.82, 2.24) is 9.62 Å². The van der Waals surface area contributed by atoms with E-state index in [0.717, 1.165) is 10.7 Å². The van der Waals surface area contributed by atoms with E-state index in [4.69, 9.17) is 0 Å². The van der Waals surface area contributed by atoms with Gasteiger partial charge in [0.15, 0.2) is 0 Å². The van der Waals surface area contributed by atoms with Crippen LogP contribution < -0.4 is 5.32 Å². The standard InChI is InChI=1S/C31H34N2O5S/c1-31(2,19-22-15-16-23-9-4-5-10-24(23)17-22)32-20-27(34)21-33(3)39(37,38)29-14-7-6-13-28(29)25-11-8-12-26(18-25)30(35)36/h4-18,27,32,34H,19-21H2,1-3H3,(H,35,36). The minimum atomic E-state index is -3.97. The number of β-amino-alcohol motifs (C(OH)–C–C–N with tert-alkyl or cyclic N) is 1. The number of nitrogens with one attached hydrogen (secondary N) is 1. The van der Waals surface area contributed by atoms with Crippen molar-refractivity contribution in [3.05, 3.63) is 102 Å². The van der Waals surface area contributed by atoms with Gasteiger partial charge in [0.1, 0.15) is 0 Å². The first kappa shape index (κ1) is 28.4. The summed E-state index contributed by atoms with van der Waals surface area (Å²) in [7, 11) is -2.54. The molecule has 39 heavy (non-hydrogen) atoms. The number of benzene rings is 4. The van der Waals surface area contributed by atoms with Gasteiger partial charge in [-0.05, 0) is 60.4 Å². The van der Waals surface area contributed by atoms with Crippen molar-refractivity contribution in [1.29, 1.82) is 0 Å². The van der Waals surface area contributed by atoms with Crippen LogP contribution in [0.2, 0.25) is 0 Å². The number of hydrogen-bond donors (Lipinski definition) is 3. The largest absolute Gasteiger partial charge is 0.478 e. The summed E-state index contributed by atoms with van der Waals surface area (Å²) in [5.41, 5.74) is 1.80. The topological polar surface area (TPSA) is 107 Å². The predicted molar refractivity (Wildman–Crippen MR) is 154 cm³/mol. The van der Waals surface area contributed by atoms with Gasteiger partial charge in [-0.15, -0.1) is 0 Å². The molecule has 4 aromatic rings. The molecule has 8 heteroatoms. The number of fused-ring (bicyclic) bond motifs is 1. The SMILES string of the molecule is CN(CC(O)CNC(C)(C)Cc1ccc2ccccc2c1)S(=O)(=O)c1ccccc1-c1cccc(C(=O)O)c1. The number of carbonyl (C=O) groups is 1. The molecule has 7 nitrogen and oxygen atoms in total. The number of nitrogens with zero attached hydrogens (tertiary/aromatic N) is 1. The van der Waals surface area contributed by atoms with Gasteiger partial charge in [-0.3, -0.25) is 0 Å². The van der Waals surface area contributed by atoms with Crippen LogP contribution in [0, 0.1) is 0 Å². The van der Waals surface area contributed by atoms with Crippen LogP contribution in [0.1, 0.15) is 29.8 Å². The van der Waals surface area contributed by atoms with Gasteiger partial charge in [0.25, 0.3) is 0 Å². The van der Waals surface area contributed by atoms with Crippen LogP contribution in [0.5, 0.6) is 0 Å². The predicted octanol–water partition coefficient (Wildman–Crippen LogP) is 4.80. The fraction of sp³-hybridized carbons (Fsp3) is 0.258. The van der Waals surface area contributed by atoms with Crippen molar-refractivity contribution in [3.8, 4) is 11.1 Å². The van der Waals surface area contributed by atoms with Crippen LogP contribution in [0.3, 0.4) is 0 Å². The number of carboxylic acids is 1. The molecule has 4 aromatic carbocycles. The van der Waals surface area contributed by atoms with E-state index in [0.29, 0.717) is 11.1 Å². The number of sulfonamides is 1. The van der Waals surface area contributed by atoms with Crippen LogP contribution >= 0.6 is 0 Å². The highest BCUT2D eigenvalue weighted by Gasteiger charge is 2.27. The van der Waals surface area contributed by atoms with E-state index in [-0.39, 0.29) is 29.1 Å². The summed E-state index contributed by atoms with van der Waals surface area (Å²) >= 11 is 0. The Kier molecular flexibility index (Phi) is 8.51. The molecule has 0 aliphatic heterocycles. The monoisotopic (exact) mass is 546 g/mol. The molecule has 1 atom stereocenters. The average Bonchev–Trinajstić information content (AvgIpc) is 2.91. The van der Waals surface area contributed by atoms with Crippen molar-refractivity contribution in [3.63, 3.8) is 0 Å². The van der Waals surface area contributed by atoms with Crippen molar-refractivity contribution in [2.24, 2.45) is 0 Å². The number of hydrogen-bond acceptors (Lipinski definition) is 5. The van der Waals surface area contributed by atoms with E-state index < -0.39 is 22.1 Å². The van der Waals surface area contributed by atoms with Gasteiger partial charge in [0.2, 0.25) is 10.0 Å². The average molecular weight is 547 g/mol. The Morgan fingerprint density at radius 2 is 1.62 bits per heavy atom. The van der Waals surface area contributed by atoms with Crippen LogP contribution in [0.25, 0.3) is 21.9 Å². The second-order valence-corrected chi connectivity index (χ2v) is 12.5. The Labute approximate surface area is 229 Å². The summed E-state index contributed by atoms with van der Waals surface area (Å²) in [6.07, 6.45) is -0.204. The first-order valence-corrected chi connectivity index (χ1v) is 14.2. The van der Waals surface area contributed by atoms with Gasteiger partial charge in [-0.2, -0.15) is 4.31 Å². The van der Waals surface area contributed by atoms with Crippen molar-refractivity contribution < 1.29 is 23.4 Å². The lowest BCUT2D eigenvalue weighted by Gasteiger charge is -2.29. The van der Waals surface area contributed by atoms with Crippen LogP contribution in [0.15, 0.2) is 95.9 Å². The lowest BCUT2D eigenvalue weighted by atomic mass is 9.93. The fourth-order valence-corrected chi connectivity index (χ4v) is 6.11. The Morgan fingerprint density at radius 1 is 0.923 bits per heavy atom. The summed E-state index contributed by atoms with van der Waals surface area (Å²) in [4.78, 5) is 11.5. The molecule has 0 radical (unpaired) electrons. The molecule has 0 saturated heterocycles. The van der Waals surface area contributed by atoms with Gasteiger partial charge < -0.3 is 15.5 Å². The third-order valence-electron chi connectivity index (χ3n) is 6.74. The van der Waals surface area contributed by atoms with Gasteiger partial charge in [0, 0.05) is 31.2 Å². The van der Waals surface area contributed by atoms with E-state index in [9.17, 15) is 23.4 Å². The maximum absolute atomic E-state index is 13.5. The molecular weight excluding hydrogens is 512 g/mol. The van der Waals surface area contributed by atoms with Crippen molar-refractivity contribution >= 4 is 26.8 Å². The van der Waals surface area contributed by atoms with Crippen LogP contribution in [-0.4, -0.2) is 60.7 Å². The first-order valence-electron chi connectivity index (χ1n) is 12.8. The molecule has 0 aromatic heterocycles. The molecule has 4 rings (SSSR count). The van der Waals surface area contributed by atoms with E-state index in [1.54, 1.807) is 30.3 Å². The molecule has 0 heterocycles. The second-order valence-electron chi connectivity index (χ2n) is 10.4. The number of aliphatic hydroxyl groups is 1. The lowest BCUT2D eigenvalue weighted by Crippen LogP contribution is -2.47. The molecule has 0 spiro atoms. The van der Waals surface area contributed by atoms with Gasteiger partial charge >= 0.3 is 5.97 Å². The zero-order chi connectivity index (χ0) is 28.2. The Morgan fingerprint density at radius 3 is 2.36 bits per heavy atom. The first-order chi connectivity index (χ1) is 18.5. The highest BCUT2D eigenvalue weighted by atomic mass is 32.2. The molecule has 0 bridgehead atoms. The summed E-state index contributed by atoms with van der Waals surface area (Å²) in [5.74, 6) is -1.09. The van der Waals surface area contributed by atoms with Crippen molar-refractivity contribution in [2.45, 2.75) is 36.8 Å². The number of carboxylic acid groups (broad SMARTS) is 1. The van der Waals surface area contributed by atoms with Gasteiger partial charge in [0.05, 0.1) is 16.6 Å². The summed E-state index contributed by atoms with van der Waals surface area (Å²) in [5, 5.41) is 25.8. The normalized spacial score (nSPS) is 13.1. The molecule has 3 N–H and O–H groups in total. The quantitative estimate of drug-likeness (QED) is 0.250. The Balaban J connectivity index is 1.42. The summed E-state index contributed by atoms with van der Waals surface area (Å²) < 4.78 is 28.2. The number of aromatic carboxylic acids is 1. The molecule has 1 unspecified atom stereocenters. The van der Waals surface area contributed by atoms with Gasteiger partial charge in [-0.1, -0.05) is 72.8 Å². The Hall–Kier alpha value is -3.56. The highest BCUT2D eigenvalue weighted by Crippen LogP contribution is 2.30. The van der Waals surface area contributed by atoms with Crippen LogP contribution in [-0.2, 0) is 16.4 Å². The molecular formula is C31H34N2O5S. The zero-order valence-electron chi connectivity index (χ0n) is 22.3. The van der Waals surface area contributed by atoms with E-state index >= 15 is 0 Å². The van der Waals surface area contributed by atoms with Gasteiger partial charge in [-0.25, -0.2) is 13.2 Å². The smallest absolute Gasteiger partial charge is 0.335 e.